The number of carbonyl (C=O) groups excluding carboxylic acids is 1. The third kappa shape index (κ3) is 2.46. The number of pyridine rings is 1. The van der Waals surface area contributed by atoms with Crippen molar-refractivity contribution < 1.29 is 9.53 Å². The lowest BCUT2D eigenvalue weighted by molar-refractivity contribution is -0.143. The molecule has 0 saturated carbocycles. The Morgan fingerprint density at radius 1 is 1.27 bits per heavy atom. The Morgan fingerprint density at radius 2 is 2.14 bits per heavy atom. The Labute approximate surface area is 133 Å². The maximum atomic E-state index is 12.5. The monoisotopic (exact) mass is 317 g/mol. The fourth-order valence-corrected chi connectivity index (χ4v) is 4.04. The molecule has 6 heteroatoms. The Bertz CT molecular complexity index is 681. The molecule has 2 aliphatic heterocycles. The molecule has 4 heterocycles. The largest absolute Gasteiger partial charge is 0.365 e. The number of hydrogen-bond donors (Lipinski definition) is 0. The molecule has 0 bridgehead atoms. The number of likely N-dealkylation sites (tertiary alicyclic amines) is 1. The summed E-state index contributed by atoms with van der Waals surface area (Å²) < 4.78 is 6.97. The summed E-state index contributed by atoms with van der Waals surface area (Å²) in [6.07, 6.45) is 3.71. The number of morpholine rings is 1. The second kappa shape index (κ2) is 5.85. The molecule has 4 rings (SSSR count). The minimum absolute atomic E-state index is 0.139. The minimum Gasteiger partial charge on any atom is -0.365 e. The average molecular weight is 317 g/mol. The number of rotatable bonds is 2. The van der Waals surface area contributed by atoms with E-state index in [2.05, 4.69) is 21.3 Å². The van der Waals surface area contributed by atoms with Gasteiger partial charge in [-0.3, -0.25) is 4.79 Å². The van der Waals surface area contributed by atoms with Gasteiger partial charge in [-0.25, -0.2) is 4.98 Å². The highest BCUT2D eigenvalue weighted by Crippen LogP contribution is 2.29. The van der Waals surface area contributed by atoms with E-state index >= 15 is 0 Å². The van der Waals surface area contributed by atoms with Crippen LogP contribution in [0.3, 0.4) is 0 Å². The lowest BCUT2D eigenvalue weighted by Gasteiger charge is -2.34. The van der Waals surface area contributed by atoms with Gasteiger partial charge in [-0.1, -0.05) is 0 Å². The number of thiophene rings is 1. The number of fused-ring (bicyclic) bond motifs is 1. The van der Waals surface area contributed by atoms with Crippen LogP contribution in [0.1, 0.15) is 12.8 Å². The van der Waals surface area contributed by atoms with Crippen LogP contribution in [0.5, 0.6) is 0 Å². The second-order valence-electron chi connectivity index (χ2n) is 5.80. The van der Waals surface area contributed by atoms with Crippen molar-refractivity contribution >= 4 is 33.1 Å². The van der Waals surface area contributed by atoms with Gasteiger partial charge in [-0.15, -0.1) is 11.3 Å². The maximum absolute atomic E-state index is 12.5. The molecule has 0 spiro atoms. The van der Waals surface area contributed by atoms with Crippen LogP contribution in [0.4, 0.5) is 5.82 Å². The van der Waals surface area contributed by atoms with Crippen LogP contribution in [0.2, 0.25) is 0 Å². The van der Waals surface area contributed by atoms with Crippen molar-refractivity contribution in [2.24, 2.45) is 0 Å². The Morgan fingerprint density at radius 3 is 3.00 bits per heavy atom. The molecule has 1 atom stereocenters. The minimum atomic E-state index is -0.359. The normalized spacial score (nSPS) is 22.5. The molecule has 22 heavy (non-hydrogen) atoms. The zero-order chi connectivity index (χ0) is 14.9. The quantitative estimate of drug-likeness (QED) is 0.851. The van der Waals surface area contributed by atoms with Crippen molar-refractivity contribution in [1.82, 2.24) is 9.88 Å². The molecule has 5 nitrogen and oxygen atoms in total. The first kappa shape index (κ1) is 14.0. The Balaban J connectivity index is 1.55. The lowest BCUT2D eigenvalue weighted by atomic mass is 10.2. The van der Waals surface area contributed by atoms with E-state index in [9.17, 15) is 4.79 Å². The molecule has 0 N–H and O–H groups in total. The van der Waals surface area contributed by atoms with Crippen LogP contribution in [0, 0.1) is 0 Å². The Hall–Kier alpha value is -1.66. The van der Waals surface area contributed by atoms with E-state index in [4.69, 9.17) is 4.74 Å². The number of amides is 1. The van der Waals surface area contributed by atoms with Gasteiger partial charge in [0.1, 0.15) is 5.82 Å². The number of hydrogen-bond acceptors (Lipinski definition) is 5. The van der Waals surface area contributed by atoms with Crippen molar-refractivity contribution in [1.29, 1.82) is 0 Å². The van der Waals surface area contributed by atoms with Crippen LogP contribution < -0.4 is 4.90 Å². The average Bonchev–Trinajstić information content (AvgIpc) is 3.25. The van der Waals surface area contributed by atoms with Crippen LogP contribution in [-0.4, -0.2) is 54.7 Å². The van der Waals surface area contributed by atoms with Gasteiger partial charge >= 0.3 is 0 Å². The van der Waals surface area contributed by atoms with E-state index in [0.717, 1.165) is 38.3 Å². The van der Waals surface area contributed by atoms with Crippen molar-refractivity contribution in [3.63, 3.8) is 0 Å². The van der Waals surface area contributed by atoms with E-state index in [1.165, 1.54) is 10.1 Å². The molecule has 0 radical (unpaired) electrons. The topological polar surface area (TPSA) is 45.7 Å². The molecule has 116 valence electrons. The van der Waals surface area contributed by atoms with Crippen LogP contribution in [-0.2, 0) is 9.53 Å². The number of carbonyl (C=O) groups is 1. The molecule has 1 unspecified atom stereocenters. The predicted octanol–water partition coefficient (Wildman–Crippen LogP) is 2.12. The number of anilines is 1. The lowest BCUT2D eigenvalue weighted by Crippen LogP contribution is -2.50. The van der Waals surface area contributed by atoms with Crippen molar-refractivity contribution in [3.05, 3.63) is 23.7 Å². The third-order valence-corrected chi connectivity index (χ3v) is 5.30. The van der Waals surface area contributed by atoms with Gasteiger partial charge < -0.3 is 14.5 Å². The summed E-state index contributed by atoms with van der Waals surface area (Å²) >= 11 is 1.72. The third-order valence-electron chi connectivity index (χ3n) is 4.42. The fourth-order valence-electron chi connectivity index (χ4n) is 3.26. The first-order chi connectivity index (χ1) is 10.8. The van der Waals surface area contributed by atoms with Crippen molar-refractivity contribution in [2.75, 3.05) is 37.7 Å². The van der Waals surface area contributed by atoms with E-state index in [-0.39, 0.29) is 12.0 Å². The summed E-state index contributed by atoms with van der Waals surface area (Å²) in [7, 11) is 0. The zero-order valence-corrected chi connectivity index (χ0v) is 13.2. The van der Waals surface area contributed by atoms with E-state index in [0.29, 0.717) is 13.2 Å². The summed E-state index contributed by atoms with van der Waals surface area (Å²) in [5, 5.41) is 3.25. The molecule has 2 saturated heterocycles. The van der Waals surface area contributed by atoms with Gasteiger partial charge in [0.25, 0.3) is 5.91 Å². The summed E-state index contributed by atoms with van der Waals surface area (Å²) in [5.74, 6) is 1.11. The smallest absolute Gasteiger partial charge is 0.253 e. The molecule has 1 amide bonds. The first-order valence-electron chi connectivity index (χ1n) is 7.80. The van der Waals surface area contributed by atoms with Gasteiger partial charge in [-0.2, -0.15) is 0 Å². The van der Waals surface area contributed by atoms with Gasteiger partial charge in [-0.05, 0) is 30.4 Å². The molecule has 2 fully saturated rings. The number of ether oxygens (including phenoxy) is 1. The highest BCUT2D eigenvalue weighted by molar-refractivity contribution is 7.17. The number of aromatic nitrogens is 1. The highest BCUT2D eigenvalue weighted by Gasteiger charge is 2.32. The van der Waals surface area contributed by atoms with E-state index in [1.807, 2.05) is 17.2 Å². The molecular formula is C16H19N3O2S. The fraction of sp³-hybridized carbons (Fsp3) is 0.500. The summed E-state index contributed by atoms with van der Waals surface area (Å²) in [4.78, 5) is 21.2. The zero-order valence-electron chi connectivity index (χ0n) is 12.4. The van der Waals surface area contributed by atoms with Crippen LogP contribution in [0.15, 0.2) is 23.7 Å². The van der Waals surface area contributed by atoms with Crippen molar-refractivity contribution in [3.8, 4) is 0 Å². The number of nitrogens with zero attached hydrogens (tertiary/aromatic N) is 3. The van der Waals surface area contributed by atoms with E-state index in [1.54, 1.807) is 11.3 Å². The molecule has 0 aliphatic carbocycles. The molecule has 2 aliphatic rings. The summed E-state index contributed by atoms with van der Waals surface area (Å²) in [6.45, 7) is 3.70. The van der Waals surface area contributed by atoms with Gasteiger partial charge in [0.15, 0.2) is 6.10 Å². The summed E-state index contributed by atoms with van der Waals surface area (Å²) in [6, 6.07) is 4.14. The van der Waals surface area contributed by atoms with E-state index < -0.39 is 0 Å². The van der Waals surface area contributed by atoms with Crippen molar-refractivity contribution in [2.45, 2.75) is 18.9 Å². The first-order valence-corrected chi connectivity index (χ1v) is 8.68. The van der Waals surface area contributed by atoms with Gasteiger partial charge in [0, 0.05) is 35.9 Å². The maximum Gasteiger partial charge on any atom is 0.253 e. The molecule has 2 aromatic rings. The highest BCUT2D eigenvalue weighted by atomic mass is 32.1. The molecular weight excluding hydrogens is 298 g/mol. The molecule has 0 aromatic carbocycles. The predicted molar refractivity (Wildman–Crippen MR) is 87.4 cm³/mol. The second-order valence-corrected chi connectivity index (χ2v) is 6.75. The van der Waals surface area contributed by atoms with Crippen LogP contribution in [0.25, 0.3) is 10.1 Å². The molecule has 2 aromatic heterocycles. The Kier molecular flexibility index (Phi) is 3.72. The van der Waals surface area contributed by atoms with Gasteiger partial charge in [0.2, 0.25) is 0 Å². The summed E-state index contributed by atoms with van der Waals surface area (Å²) in [5.41, 5.74) is 0. The standard InChI is InChI=1S/C16H19N3O2S/c20-16(18-6-1-2-7-18)13-11-19(8-9-21-13)15-12-4-10-22-14(12)3-5-17-15/h3-5,10,13H,1-2,6-9,11H2. The SMILES string of the molecule is O=C(C1CN(c2nccc3sccc23)CCO1)N1CCCC1. The van der Waals surface area contributed by atoms with Crippen LogP contribution >= 0.6 is 11.3 Å². The van der Waals surface area contributed by atoms with Gasteiger partial charge in [0.05, 0.1) is 13.2 Å².